The first kappa shape index (κ1) is 16.9. The van der Waals surface area contributed by atoms with E-state index in [2.05, 4.69) is 0 Å². The van der Waals surface area contributed by atoms with Crippen molar-refractivity contribution in [3.05, 3.63) is 77.6 Å². The quantitative estimate of drug-likeness (QED) is 0.292. The molecule has 0 bridgehead atoms. The van der Waals surface area contributed by atoms with E-state index in [0.29, 0.717) is 5.56 Å². The van der Waals surface area contributed by atoms with Crippen LogP contribution in [0.4, 0.5) is 0 Å². The molecule has 0 saturated heterocycles. The van der Waals surface area contributed by atoms with E-state index < -0.39 is 5.78 Å². The second-order valence-corrected chi connectivity index (χ2v) is 4.98. The van der Waals surface area contributed by atoms with E-state index in [1.807, 2.05) is 0 Å². The van der Waals surface area contributed by atoms with Gasteiger partial charge in [0.25, 0.3) is 0 Å². The van der Waals surface area contributed by atoms with Gasteiger partial charge in [-0.2, -0.15) is 0 Å². The fraction of sp³-hybridized carbons (Fsp3) is 0. The van der Waals surface area contributed by atoms with Crippen LogP contribution in [0.2, 0.25) is 0 Å². The fourth-order valence-electron chi connectivity index (χ4n) is 1.83. The molecule has 0 aliphatic heterocycles. The van der Waals surface area contributed by atoms with Crippen molar-refractivity contribution in [1.29, 1.82) is 0 Å². The van der Waals surface area contributed by atoms with E-state index in [0.717, 1.165) is 11.6 Å². The van der Waals surface area contributed by atoms with Gasteiger partial charge >= 0.3 is 0 Å². The van der Waals surface area contributed by atoms with Crippen LogP contribution >= 0.6 is 0 Å². The second-order valence-electron chi connectivity index (χ2n) is 4.98. The van der Waals surface area contributed by atoms with Crippen molar-refractivity contribution in [2.45, 2.75) is 0 Å². The molecular weight excluding hydrogens is 308 g/mol. The lowest BCUT2D eigenvalue weighted by Crippen LogP contribution is -1.88. The fourth-order valence-corrected chi connectivity index (χ4v) is 1.83. The predicted octanol–water partition coefficient (Wildman–Crippen LogP) is 3.54. The number of hydrogen-bond acceptors (Lipinski definition) is 5. The van der Waals surface area contributed by atoms with Crippen molar-refractivity contribution in [2.75, 3.05) is 0 Å². The van der Waals surface area contributed by atoms with E-state index in [-0.39, 0.29) is 23.0 Å². The zero-order valence-electron chi connectivity index (χ0n) is 12.6. The zero-order chi connectivity index (χ0) is 17.5. The number of carbonyl (C=O) groups is 1. The molecule has 0 atom stereocenters. The number of benzene rings is 2. The molecule has 5 nitrogen and oxygen atoms in total. The summed E-state index contributed by atoms with van der Waals surface area (Å²) in [6.07, 6.45) is 6.70. The van der Waals surface area contributed by atoms with Gasteiger partial charge in [-0.15, -0.1) is 0 Å². The van der Waals surface area contributed by atoms with Crippen LogP contribution in [-0.2, 0) is 4.79 Å². The van der Waals surface area contributed by atoms with Crippen molar-refractivity contribution in [3.63, 3.8) is 0 Å². The summed E-state index contributed by atoms with van der Waals surface area (Å²) in [5.41, 5.74) is 1.29. The number of carbonyl (C=O) groups excluding carboxylic acids is 1. The van der Waals surface area contributed by atoms with Crippen molar-refractivity contribution in [2.24, 2.45) is 0 Å². The van der Waals surface area contributed by atoms with Crippen LogP contribution in [0.5, 0.6) is 17.2 Å². The van der Waals surface area contributed by atoms with Gasteiger partial charge in [0.15, 0.2) is 17.3 Å². The van der Waals surface area contributed by atoms with Crippen LogP contribution in [0.3, 0.4) is 0 Å². The SMILES string of the molecule is O=C(C=C(O)/C=C/c1ccc(O)c(O)c1)/C=C/c1ccc(O)cc1. The number of allylic oxidation sites excluding steroid dienone is 3. The van der Waals surface area contributed by atoms with Crippen LogP contribution < -0.4 is 0 Å². The largest absolute Gasteiger partial charge is 0.508 e. The number of ketones is 1. The number of phenols is 3. The first-order valence-corrected chi connectivity index (χ1v) is 7.06. The molecule has 4 N–H and O–H groups in total. The molecule has 0 aliphatic carbocycles. The Hall–Kier alpha value is -3.47. The molecule has 0 amide bonds. The molecule has 0 aliphatic rings. The molecule has 0 aromatic heterocycles. The highest BCUT2D eigenvalue weighted by molar-refractivity contribution is 6.02. The lowest BCUT2D eigenvalue weighted by molar-refractivity contribution is -0.110. The van der Waals surface area contributed by atoms with Gasteiger partial charge in [-0.1, -0.05) is 30.4 Å². The summed E-state index contributed by atoms with van der Waals surface area (Å²) < 4.78 is 0. The summed E-state index contributed by atoms with van der Waals surface area (Å²) in [6.45, 7) is 0. The van der Waals surface area contributed by atoms with Crippen molar-refractivity contribution >= 4 is 17.9 Å². The molecule has 24 heavy (non-hydrogen) atoms. The molecule has 5 heteroatoms. The van der Waals surface area contributed by atoms with Crippen LogP contribution in [-0.4, -0.2) is 26.2 Å². The monoisotopic (exact) mass is 324 g/mol. The minimum Gasteiger partial charge on any atom is -0.508 e. The summed E-state index contributed by atoms with van der Waals surface area (Å²) in [5.74, 6) is -1.02. The first-order chi connectivity index (χ1) is 11.4. The molecule has 2 aromatic rings. The van der Waals surface area contributed by atoms with Gasteiger partial charge in [0, 0.05) is 6.08 Å². The lowest BCUT2D eigenvalue weighted by Gasteiger charge is -1.98. The van der Waals surface area contributed by atoms with E-state index in [1.165, 1.54) is 42.5 Å². The minimum absolute atomic E-state index is 0.140. The van der Waals surface area contributed by atoms with Gasteiger partial charge in [-0.05, 0) is 47.5 Å². The standard InChI is InChI=1S/C19H16O5/c20-15-6-1-13(2-7-15)3-8-16(21)12-17(22)9-4-14-5-10-18(23)19(24)11-14/h1-12,20,22-24H/b8-3+,9-4+,17-12?. The number of aliphatic hydroxyl groups is 1. The Kier molecular flexibility index (Phi) is 5.41. The van der Waals surface area contributed by atoms with Gasteiger partial charge in [0.2, 0.25) is 0 Å². The Balaban J connectivity index is 2.01. The molecule has 2 rings (SSSR count). The molecule has 2 aromatic carbocycles. The molecular formula is C19H16O5. The third-order valence-electron chi connectivity index (χ3n) is 3.07. The van der Waals surface area contributed by atoms with Gasteiger partial charge in [-0.3, -0.25) is 4.79 Å². The van der Waals surface area contributed by atoms with Crippen LogP contribution in [0.25, 0.3) is 12.2 Å². The maximum Gasteiger partial charge on any atom is 0.182 e. The van der Waals surface area contributed by atoms with Crippen molar-refractivity contribution in [1.82, 2.24) is 0 Å². The summed E-state index contributed by atoms with van der Waals surface area (Å²) in [4.78, 5) is 11.7. The number of hydrogen-bond donors (Lipinski definition) is 4. The molecule has 122 valence electrons. The Bertz CT molecular complexity index is 814. The highest BCUT2D eigenvalue weighted by Crippen LogP contribution is 2.25. The highest BCUT2D eigenvalue weighted by Gasteiger charge is 1.99. The maximum absolute atomic E-state index is 11.7. The van der Waals surface area contributed by atoms with E-state index in [9.17, 15) is 20.1 Å². The van der Waals surface area contributed by atoms with Crippen LogP contribution in [0.15, 0.2) is 66.5 Å². The summed E-state index contributed by atoms with van der Waals surface area (Å²) in [6, 6.07) is 10.5. The Morgan fingerprint density at radius 2 is 1.42 bits per heavy atom. The van der Waals surface area contributed by atoms with Gasteiger partial charge in [-0.25, -0.2) is 0 Å². The first-order valence-electron chi connectivity index (χ1n) is 7.06. The third kappa shape index (κ3) is 5.06. The minimum atomic E-state index is -0.404. The average Bonchev–Trinajstić information content (AvgIpc) is 2.55. The summed E-state index contributed by atoms with van der Waals surface area (Å²) in [5, 5.41) is 37.5. The molecule has 0 unspecified atom stereocenters. The van der Waals surface area contributed by atoms with Gasteiger partial charge < -0.3 is 20.4 Å². The Labute approximate surface area is 138 Å². The summed E-state index contributed by atoms with van der Waals surface area (Å²) >= 11 is 0. The number of aromatic hydroxyl groups is 3. The Morgan fingerprint density at radius 3 is 2.08 bits per heavy atom. The van der Waals surface area contributed by atoms with Crippen molar-refractivity contribution in [3.8, 4) is 17.2 Å². The molecule has 0 fully saturated rings. The molecule has 0 heterocycles. The van der Waals surface area contributed by atoms with Gasteiger partial charge in [0.05, 0.1) is 0 Å². The van der Waals surface area contributed by atoms with E-state index >= 15 is 0 Å². The van der Waals surface area contributed by atoms with Crippen LogP contribution in [0, 0.1) is 0 Å². The van der Waals surface area contributed by atoms with E-state index in [1.54, 1.807) is 24.3 Å². The second kappa shape index (κ2) is 7.69. The molecule has 0 radical (unpaired) electrons. The highest BCUT2D eigenvalue weighted by atomic mass is 16.3. The number of rotatable bonds is 5. The van der Waals surface area contributed by atoms with E-state index in [4.69, 9.17) is 5.11 Å². The summed E-state index contributed by atoms with van der Waals surface area (Å²) in [7, 11) is 0. The topological polar surface area (TPSA) is 98.0 Å². The average molecular weight is 324 g/mol. The third-order valence-corrected chi connectivity index (χ3v) is 3.07. The normalized spacial score (nSPS) is 12.1. The zero-order valence-corrected chi connectivity index (χ0v) is 12.6. The maximum atomic E-state index is 11.7. The number of phenolic OH excluding ortho intramolecular Hbond substituents is 3. The van der Waals surface area contributed by atoms with Crippen molar-refractivity contribution < 1.29 is 25.2 Å². The smallest absolute Gasteiger partial charge is 0.182 e. The lowest BCUT2D eigenvalue weighted by atomic mass is 10.1. The number of aliphatic hydroxyl groups excluding tert-OH is 1. The molecule has 0 spiro atoms. The Morgan fingerprint density at radius 1 is 0.792 bits per heavy atom. The van der Waals surface area contributed by atoms with Gasteiger partial charge in [0.1, 0.15) is 11.5 Å². The predicted molar refractivity (Wildman–Crippen MR) is 91.7 cm³/mol. The molecule has 0 saturated carbocycles. The van der Waals surface area contributed by atoms with Crippen LogP contribution in [0.1, 0.15) is 11.1 Å².